The van der Waals surface area contributed by atoms with Crippen LogP contribution in [0, 0.1) is 0 Å². The molecule has 0 unspecified atom stereocenters. The molecule has 7 heteroatoms. The van der Waals surface area contributed by atoms with Gasteiger partial charge in [0.15, 0.2) is 0 Å². The minimum absolute atomic E-state index is 0.159. The van der Waals surface area contributed by atoms with Crippen LogP contribution in [0.5, 0.6) is 0 Å². The van der Waals surface area contributed by atoms with Crippen molar-refractivity contribution in [2.24, 2.45) is 5.73 Å². The Morgan fingerprint density at radius 3 is 2.68 bits per heavy atom. The van der Waals surface area contributed by atoms with Crippen molar-refractivity contribution < 1.29 is 14.4 Å². The number of fused-ring (bicyclic) bond motifs is 1. The average Bonchev–Trinajstić information content (AvgIpc) is 2.87. The van der Waals surface area contributed by atoms with Crippen LogP contribution >= 0.6 is 11.3 Å². The first-order valence-electron chi connectivity index (χ1n) is 6.08. The standard InChI is InChI=1S/C12H15N3O3S/c1-2-8(16)14-11-9(10(17)15-12(13)18)6-4-3-5-7(6)19-11/h2-5H2,1H3,(H,14,16)(H3,13,15,17,18). The van der Waals surface area contributed by atoms with Crippen LogP contribution in [0.15, 0.2) is 0 Å². The van der Waals surface area contributed by atoms with Gasteiger partial charge in [-0.2, -0.15) is 0 Å². The molecule has 1 aromatic rings. The van der Waals surface area contributed by atoms with Gasteiger partial charge >= 0.3 is 6.03 Å². The van der Waals surface area contributed by atoms with Crippen molar-refractivity contribution in [1.82, 2.24) is 5.32 Å². The van der Waals surface area contributed by atoms with Gasteiger partial charge in [-0.3, -0.25) is 14.9 Å². The largest absolute Gasteiger partial charge is 0.351 e. The normalized spacial score (nSPS) is 12.9. The molecule has 1 aromatic heterocycles. The third-order valence-corrected chi connectivity index (χ3v) is 4.17. The van der Waals surface area contributed by atoms with Crippen LogP contribution in [0.3, 0.4) is 0 Å². The molecule has 102 valence electrons. The minimum atomic E-state index is -0.893. The van der Waals surface area contributed by atoms with Gasteiger partial charge in [0.2, 0.25) is 5.91 Å². The van der Waals surface area contributed by atoms with Gasteiger partial charge in [-0.25, -0.2) is 4.79 Å². The maximum atomic E-state index is 12.0. The Morgan fingerprint density at radius 1 is 1.32 bits per heavy atom. The number of nitrogens with two attached hydrogens (primary N) is 1. The van der Waals surface area contributed by atoms with Crippen molar-refractivity contribution in [3.05, 3.63) is 16.0 Å². The molecule has 0 bridgehead atoms. The predicted molar refractivity (Wildman–Crippen MR) is 72.3 cm³/mol. The molecule has 1 aliphatic rings. The first-order chi connectivity index (χ1) is 9.02. The van der Waals surface area contributed by atoms with Crippen molar-refractivity contribution in [3.8, 4) is 0 Å². The van der Waals surface area contributed by atoms with Crippen LogP contribution in [-0.4, -0.2) is 17.8 Å². The Balaban J connectivity index is 2.35. The monoisotopic (exact) mass is 281 g/mol. The summed E-state index contributed by atoms with van der Waals surface area (Å²) >= 11 is 1.40. The first kappa shape index (κ1) is 13.5. The van der Waals surface area contributed by atoms with E-state index >= 15 is 0 Å². The Kier molecular flexibility index (Phi) is 3.84. The molecule has 6 nitrogen and oxygen atoms in total. The highest BCUT2D eigenvalue weighted by Crippen LogP contribution is 2.39. The number of carbonyl (C=O) groups excluding carboxylic acids is 3. The van der Waals surface area contributed by atoms with Gasteiger partial charge in [0.25, 0.3) is 5.91 Å². The van der Waals surface area contributed by atoms with E-state index < -0.39 is 11.9 Å². The third-order valence-electron chi connectivity index (χ3n) is 2.96. The number of hydrogen-bond donors (Lipinski definition) is 3. The Bertz CT molecular complexity index is 551. The number of hydrogen-bond acceptors (Lipinski definition) is 4. The van der Waals surface area contributed by atoms with E-state index in [2.05, 4.69) is 10.6 Å². The summed E-state index contributed by atoms with van der Waals surface area (Å²) in [4.78, 5) is 35.4. The summed E-state index contributed by atoms with van der Waals surface area (Å²) in [6, 6.07) is -0.893. The molecule has 0 spiro atoms. The summed E-state index contributed by atoms with van der Waals surface area (Å²) < 4.78 is 0. The van der Waals surface area contributed by atoms with E-state index in [1.54, 1.807) is 6.92 Å². The molecule has 0 fully saturated rings. The van der Waals surface area contributed by atoms with E-state index in [1.165, 1.54) is 11.3 Å². The SMILES string of the molecule is CCC(=O)Nc1sc2c(c1C(=O)NC(N)=O)CCC2. The highest BCUT2D eigenvalue weighted by Gasteiger charge is 2.27. The van der Waals surface area contributed by atoms with E-state index in [4.69, 9.17) is 5.73 Å². The molecule has 1 aliphatic carbocycles. The van der Waals surface area contributed by atoms with Gasteiger partial charge in [-0.15, -0.1) is 11.3 Å². The topological polar surface area (TPSA) is 101 Å². The summed E-state index contributed by atoms with van der Waals surface area (Å²) in [5, 5.41) is 5.28. The molecule has 0 atom stereocenters. The zero-order valence-corrected chi connectivity index (χ0v) is 11.4. The van der Waals surface area contributed by atoms with E-state index in [9.17, 15) is 14.4 Å². The fourth-order valence-electron chi connectivity index (χ4n) is 2.12. The number of nitrogens with one attached hydrogen (secondary N) is 2. The molecular formula is C12H15N3O3S. The lowest BCUT2D eigenvalue weighted by Crippen LogP contribution is -2.35. The summed E-state index contributed by atoms with van der Waals surface area (Å²) in [5.74, 6) is -0.702. The van der Waals surface area contributed by atoms with E-state index in [0.29, 0.717) is 17.0 Å². The second-order valence-electron chi connectivity index (χ2n) is 4.28. The molecule has 4 amide bonds. The molecule has 2 rings (SSSR count). The van der Waals surface area contributed by atoms with Crippen LogP contribution in [0.4, 0.5) is 9.80 Å². The number of carbonyl (C=O) groups is 3. The number of aryl methyl sites for hydroxylation is 1. The quantitative estimate of drug-likeness (QED) is 0.780. The number of amides is 4. The molecule has 0 aromatic carbocycles. The highest BCUT2D eigenvalue weighted by atomic mass is 32.1. The van der Waals surface area contributed by atoms with Gasteiger partial charge in [0.05, 0.1) is 5.56 Å². The number of thiophene rings is 1. The summed E-state index contributed by atoms with van der Waals surface area (Å²) in [6.45, 7) is 1.74. The molecule has 4 N–H and O–H groups in total. The van der Waals surface area contributed by atoms with Crippen molar-refractivity contribution in [3.63, 3.8) is 0 Å². The smallest absolute Gasteiger partial charge is 0.319 e. The third kappa shape index (κ3) is 2.76. The summed E-state index contributed by atoms with van der Waals surface area (Å²) in [6.07, 6.45) is 3.01. The Labute approximate surface area is 114 Å². The van der Waals surface area contributed by atoms with Gasteiger partial charge in [0, 0.05) is 11.3 Å². The van der Waals surface area contributed by atoms with E-state index in [1.807, 2.05) is 0 Å². The lowest BCUT2D eigenvalue weighted by molar-refractivity contribution is -0.115. The molecule has 19 heavy (non-hydrogen) atoms. The second-order valence-corrected chi connectivity index (χ2v) is 5.39. The van der Waals surface area contributed by atoms with Gasteiger partial charge in [0.1, 0.15) is 5.00 Å². The zero-order valence-electron chi connectivity index (χ0n) is 10.5. The average molecular weight is 281 g/mol. The van der Waals surface area contributed by atoms with Crippen molar-refractivity contribution >= 4 is 34.2 Å². The van der Waals surface area contributed by atoms with Gasteiger partial charge < -0.3 is 11.1 Å². The minimum Gasteiger partial charge on any atom is -0.351 e. The maximum Gasteiger partial charge on any atom is 0.319 e. The second kappa shape index (κ2) is 5.40. The van der Waals surface area contributed by atoms with Crippen molar-refractivity contribution in [1.29, 1.82) is 0 Å². The Hall–Kier alpha value is -1.89. The van der Waals surface area contributed by atoms with Crippen LogP contribution < -0.4 is 16.4 Å². The fourth-order valence-corrected chi connectivity index (χ4v) is 3.42. The van der Waals surface area contributed by atoms with E-state index in [0.717, 1.165) is 29.7 Å². The van der Waals surface area contributed by atoms with E-state index in [-0.39, 0.29) is 5.91 Å². The number of rotatable bonds is 3. The lowest BCUT2D eigenvalue weighted by atomic mass is 10.1. The molecule has 0 saturated heterocycles. The van der Waals surface area contributed by atoms with Crippen molar-refractivity contribution in [2.45, 2.75) is 32.6 Å². The molecule has 1 heterocycles. The zero-order chi connectivity index (χ0) is 14.0. The molecule has 0 aliphatic heterocycles. The molecular weight excluding hydrogens is 266 g/mol. The number of urea groups is 1. The number of imide groups is 1. The number of anilines is 1. The summed E-state index contributed by atoms with van der Waals surface area (Å²) in [7, 11) is 0. The van der Waals surface area contributed by atoms with Crippen LogP contribution in [0.2, 0.25) is 0 Å². The van der Waals surface area contributed by atoms with Gasteiger partial charge in [-0.1, -0.05) is 6.92 Å². The van der Waals surface area contributed by atoms with Gasteiger partial charge in [-0.05, 0) is 24.8 Å². The summed E-state index contributed by atoms with van der Waals surface area (Å²) in [5.41, 5.74) is 6.28. The first-order valence-corrected chi connectivity index (χ1v) is 6.89. The van der Waals surface area contributed by atoms with Crippen molar-refractivity contribution in [2.75, 3.05) is 5.32 Å². The molecule has 0 radical (unpaired) electrons. The highest BCUT2D eigenvalue weighted by molar-refractivity contribution is 7.17. The van der Waals surface area contributed by atoms with Crippen LogP contribution in [-0.2, 0) is 17.6 Å². The Morgan fingerprint density at radius 2 is 2.05 bits per heavy atom. The number of primary amides is 1. The fraction of sp³-hybridized carbons (Fsp3) is 0.417. The van der Waals surface area contributed by atoms with Crippen LogP contribution in [0.1, 0.15) is 40.6 Å². The molecule has 0 saturated carbocycles. The van der Waals surface area contributed by atoms with Crippen LogP contribution in [0.25, 0.3) is 0 Å². The predicted octanol–water partition coefficient (Wildman–Crippen LogP) is 1.39. The maximum absolute atomic E-state index is 12.0. The lowest BCUT2D eigenvalue weighted by Gasteiger charge is -2.06.